The Balaban J connectivity index is 2.46. The molecule has 0 aromatic heterocycles. The largest absolute Gasteiger partial charge is 0.463 e. The Kier molecular flexibility index (Phi) is 5.69. The van der Waals surface area contributed by atoms with Crippen LogP contribution in [-0.4, -0.2) is 18.5 Å². The van der Waals surface area contributed by atoms with Crippen LogP contribution in [0.4, 0.5) is 5.69 Å². The molecule has 0 bridgehead atoms. The Labute approximate surface area is 135 Å². The number of hydrogen-bond acceptors (Lipinski definition) is 3. The van der Waals surface area contributed by atoms with Gasteiger partial charge < -0.3 is 10.1 Å². The Bertz CT molecular complexity index is 721. The van der Waals surface area contributed by atoms with E-state index in [0.717, 1.165) is 16.7 Å². The SMILES string of the molecule is CCOC(=O)/C=C/c1cccc(-c2ccccc2)c1NC(C)=O. The minimum atomic E-state index is -0.411. The average Bonchev–Trinajstić information content (AvgIpc) is 2.54. The molecule has 2 rings (SSSR count). The number of carbonyl (C=O) groups excluding carboxylic acids is 2. The van der Waals surface area contributed by atoms with E-state index in [1.54, 1.807) is 13.0 Å². The van der Waals surface area contributed by atoms with Crippen molar-refractivity contribution in [3.63, 3.8) is 0 Å². The fourth-order valence-electron chi connectivity index (χ4n) is 2.23. The summed E-state index contributed by atoms with van der Waals surface area (Å²) >= 11 is 0. The first-order chi connectivity index (χ1) is 11.1. The Hall–Kier alpha value is -2.88. The fourth-order valence-corrected chi connectivity index (χ4v) is 2.23. The molecule has 4 nitrogen and oxygen atoms in total. The standard InChI is InChI=1S/C19H19NO3/c1-3-23-18(22)13-12-16-10-7-11-17(19(16)20-14(2)21)15-8-5-4-6-9-15/h4-13H,3H2,1-2H3,(H,20,21)/b13-12+. The zero-order chi connectivity index (χ0) is 16.7. The summed E-state index contributed by atoms with van der Waals surface area (Å²) in [4.78, 5) is 23.1. The summed E-state index contributed by atoms with van der Waals surface area (Å²) in [5.74, 6) is -0.578. The van der Waals surface area contributed by atoms with Crippen molar-refractivity contribution in [2.75, 3.05) is 11.9 Å². The molecular weight excluding hydrogens is 290 g/mol. The van der Waals surface area contributed by atoms with Crippen LogP contribution in [0.25, 0.3) is 17.2 Å². The molecule has 23 heavy (non-hydrogen) atoms. The van der Waals surface area contributed by atoms with Crippen LogP contribution >= 0.6 is 0 Å². The maximum absolute atomic E-state index is 11.6. The van der Waals surface area contributed by atoms with Crippen molar-refractivity contribution in [2.24, 2.45) is 0 Å². The lowest BCUT2D eigenvalue weighted by Crippen LogP contribution is -2.08. The van der Waals surface area contributed by atoms with Crippen molar-refractivity contribution in [3.8, 4) is 11.1 Å². The molecule has 0 aliphatic rings. The number of carbonyl (C=O) groups is 2. The third kappa shape index (κ3) is 4.54. The van der Waals surface area contributed by atoms with E-state index < -0.39 is 5.97 Å². The summed E-state index contributed by atoms with van der Waals surface area (Å²) in [6.07, 6.45) is 3.01. The molecule has 2 aromatic rings. The van der Waals surface area contributed by atoms with Crippen LogP contribution in [0, 0.1) is 0 Å². The van der Waals surface area contributed by atoms with Gasteiger partial charge in [-0.25, -0.2) is 4.79 Å². The van der Waals surface area contributed by atoms with Crippen molar-refractivity contribution >= 4 is 23.6 Å². The van der Waals surface area contributed by atoms with Crippen LogP contribution in [0.2, 0.25) is 0 Å². The fraction of sp³-hybridized carbons (Fsp3) is 0.158. The summed E-state index contributed by atoms with van der Waals surface area (Å²) in [6, 6.07) is 15.4. The number of rotatable bonds is 5. The van der Waals surface area contributed by atoms with Crippen LogP contribution in [0.3, 0.4) is 0 Å². The predicted molar refractivity (Wildman–Crippen MR) is 91.8 cm³/mol. The van der Waals surface area contributed by atoms with E-state index in [9.17, 15) is 9.59 Å². The molecule has 1 amide bonds. The van der Waals surface area contributed by atoms with Gasteiger partial charge in [-0.3, -0.25) is 4.79 Å². The van der Waals surface area contributed by atoms with Crippen LogP contribution in [0.1, 0.15) is 19.4 Å². The van der Waals surface area contributed by atoms with Gasteiger partial charge in [-0.1, -0.05) is 48.5 Å². The van der Waals surface area contributed by atoms with Gasteiger partial charge in [0.1, 0.15) is 0 Å². The topological polar surface area (TPSA) is 55.4 Å². The van der Waals surface area contributed by atoms with E-state index in [2.05, 4.69) is 5.32 Å². The lowest BCUT2D eigenvalue weighted by Gasteiger charge is -2.13. The van der Waals surface area contributed by atoms with Crippen LogP contribution in [-0.2, 0) is 14.3 Å². The zero-order valence-electron chi connectivity index (χ0n) is 13.2. The number of anilines is 1. The molecule has 0 spiro atoms. The second-order valence-electron chi connectivity index (χ2n) is 4.90. The molecular formula is C19H19NO3. The van der Waals surface area contributed by atoms with Gasteiger partial charge in [-0.2, -0.15) is 0 Å². The number of nitrogens with one attached hydrogen (secondary N) is 1. The monoisotopic (exact) mass is 309 g/mol. The second kappa shape index (κ2) is 7.94. The maximum atomic E-state index is 11.6. The lowest BCUT2D eigenvalue weighted by molar-refractivity contribution is -0.137. The van der Waals surface area contributed by atoms with Gasteiger partial charge in [-0.05, 0) is 24.1 Å². The van der Waals surface area contributed by atoms with Gasteiger partial charge in [-0.15, -0.1) is 0 Å². The molecule has 2 aromatic carbocycles. The quantitative estimate of drug-likeness (QED) is 0.673. The molecule has 0 heterocycles. The van der Waals surface area contributed by atoms with Crippen molar-refractivity contribution in [1.29, 1.82) is 0 Å². The summed E-state index contributed by atoms with van der Waals surface area (Å²) in [7, 11) is 0. The number of hydrogen-bond donors (Lipinski definition) is 1. The first-order valence-corrected chi connectivity index (χ1v) is 7.42. The summed E-state index contributed by atoms with van der Waals surface area (Å²) < 4.78 is 4.89. The molecule has 0 unspecified atom stereocenters. The predicted octanol–water partition coefficient (Wildman–Crippen LogP) is 3.89. The van der Waals surface area contributed by atoms with Crippen molar-refractivity contribution in [3.05, 3.63) is 60.2 Å². The third-order valence-electron chi connectivity index (χ3n) is 3.17. The highest BCUT2D eigenvalue weighted by atomic mass is 16.5. The van der Waals surface area contributed by atoms with Gasteiger partial charge in [0.15, 0.2) is 0 Å². The average molecular weight is 309 g/mol. The maximum Gasteiger partial charge on any atom is 0.330 e. The van der Waals surface area contributed by atoms with E-state index in [1.165, 1.54) is 13.0 Å². The smallest absolute Gasteiger partial charge is 0.330 e. The van der Waals surface area contributed by atoms with E-state index >= 15 is 0 Å². The molecule has 0 aliphatic heterocycles. The first kappa shape index (κ1) is 16.5. The summed E-state index contributed by atoms with van der Waals surface area (Å²) in [5.41, 5.74) is 3.30. The van der Waals surface area contributed by atoms with Gasteiger partial charge in [0.25, 0.3) is 0 Å². The van der Waals surface area contributed by atoms with Gasteiger partial charge in [0.05, 0.1) is 12.3 Å². The number of benzene rings is 2. The Morgan fingerprint density at radius 2 is 1.83 bits per heavy atom. The van der Waals surface area contributed by atoms with Crippen molar-refractivity contribution < 1.29 is 14.3 Å². The molecule has 0 radical (unpaired) electrons. The Morgan fingerprint density at radius 1 is 1.09 bits per heavy atom. The highest BCUT2D eigenvalue weighted by Crippen LogP contribution is 2.31. The molecule has 1 N–H and O–H groups in total. The van der Waals surface area contributed by atoms with Gasteiger partial charge in [0.2, 0.25) is 5.91 Å². The minimum Gasteiger partial charge on any atom is -0.463 e. The van der Waals surface area contributed by atoms with Crippen LogP contribution < -0.4 is 5.32 Å². The highest BCUT2D eigenvalue weighted by Gasteiger charge is 2.10. The zero-order valence-corrected chi connectivity index (χ0v) is 13.2. The molecule has 4 heteroatoms. The summed E-state index contributed by atoms with van der Waals surface area (Å²) in [6.45, 7) is 3.54. The van der Waals surface area contributed by atoms with E-state index in [-0.39, 0.29) is 5.91 Å². The Morgan fingerprint density at radius 3 is 2.48 bits per heavy atom. The first-order valence-electron chi connectivity index (χ1n) is 7.42. The molecule has 0 atom stereocenters. The second-order valence-corrected chi connectivity index (χ2v) is 4.90. The van der Waals surface area contributed by atoms with Crippen LogP contribution in [0.5, 0.6) is 0 Å². The highest BCUT2D eigenvalue weighted by molar-refractivity contribution is 5.98. The minimum absolute atomic E-state index is 0.167. The molecule has 0 aliphatic carbocycles. The molecule has 0 fully saturated rings. The number of amides is 1. The number of para-hydroxylation sites is 1. The van der Waals surface area contributed by atoms with Crippen molar-refractivity contribution in [2.45, 2.75) is 13.8 Å². The van der Waals surface area contributed by atoms with Crippen LogP contribution in [0.15, 0.2) is 54.6 Å². The lowest BCUT2D eigenvalue weighted by atomic mass is 9.99. The summed E-state index contributed by atoms with van der Waals surface area (Å²) in [5, 5.41) is 2.85. The normalized spacial score (nSPS) is 10.5. The molecule has 0 saturated heterocycles. The van der Waals surface area contributed by atoms with E-state index in [1.807, 2.05) is 48.5 Å². The molecule has 118 valence electrons. The molecule has 0 saturated carbocycles. The van der Waals surface area contributed by atoms with E-state index in [0.29, 0.717) is 12.3 Å². The number of esters is 1. The van der Waals surface area contributed by atoms with Gasteiger partial charge >= 0.3 is 5.97 Å². The van der Waals surface area contributed by atoms with Gasteiger partial charge in [0, 0.05) is 18.6 Å². The van der Waals surface area contributed by atoms with E-state index in [4.69, 9.17) is 4.74 Å². The number of ether oxygens (including phenoxy) is 1. The van der Waals surface area contributed by atoms with Crippen molar-refractivity contribution in [1.82, 2.24) is 0 Å². The third-order valence-corrected chi connectivity index (χ3v) is 3.17.